The van der Waals surface area contributed by atoms with E-state index in [9.17, 15) is 8.42 Å². The molecule has 2 aromatic rings. The van der Waals surface area contributed by atoms with Crippen molar-refractivity contribution < 1.29 is 8.42 Å². The highest BCUT2D eigenvalue weighted by atomic mass is 79.9. The van der Waals surface area contributed by atoms with E-state index >= 15 is 0 Å². The van der Waals surface area contributed by atoms with Crippen LogP contribution >= 0.6 is 27.3 Å². The molecule has 1 aliphatic heterocycles. The van der Waals surface area contributed by atoms with Crippen LogP contribution in [0.1, 0.15) is 11.6 Å². The minimum atomic E-state index is -3.51. The summed E-state index contributed by atoms with van der Waals surface area (Å²) in [6, 6.07) is 5.28. The second-order valence-electron chi connectivity index (χ2n) is 4.68. The molecule has 1 aliphatic rings. The highest BCUT2D eigenvalue weighted by Gasteiger charge is 2.36. The summed E-state index contributed by atoms with van der Waals surface area (Å²) in [4.78, 5) is 4.10. The third kappa shape index (κ3) is 2.91. The molecule has 112 valence electrons. The van der Waals surface area contributed by atoms with Gasteiger partial charge in [0.15, 0.2) is 0 Å². The Bertz CT molecular complexity index is 718. The van der Waals surface area contributed by atoms with Gasteiger partial charge >= 0.3 is 0 Å². The van der Waals surface area contributed by atoms with E-state index in [-0.39, 0.29) is 6.04 Å². The first-order valence-electron chi connectivity index (χ1n) is 6.46. The Morgan fingerprint density at radius 2 is 2.29 bits per heavy atom. The van der Waals surface area contributed by atoms with E-state index in [0.717, 1.165) is 5.56 Å². The molecule has 0 aliphatic carbocycles. The molecule has 0 aromatic carbocycles. The maximum Gasteiger partial charge on any atom is 0.254 e. The molecule has 0 bridgehead atoms. The monoisotopic (exact) mass is 387 g/mol. The average Bonchev–Trinajstić information content (AvgIpc) is 2.95. The van der Waals surface area contributed by atoms with Crippen LogP contribution < -0.4 is 5.32 Å². The van der Waals surface area contributed by atoms with Crippen LogP contribution in [0, 0.1) is 0 Å². The lowest BCUT2D eigenvalue weighted by Crippen LogP contribution is -2.48. The topological polar surface area (TPSA) is 62.3 Å². The second kappa shape index (κ2) is 6.13. The first kappa shape index (κ1) is 15.1. The number of pyridine rings is 1. The van der Waals surface area contributed by atoms with Crippen molar-refractivity contribution in [2.45, 2.75) is 10.3 Å². The van der Waals surface area contributed by atoms with Gasteiger partial charge in [-0.2, -0.15) is 4.31 Å². The maximum atomic E-state index is 12.9. The number of hydrogen-bond donors (Lipinski definition) is 1. The van der Waals surface area contributed by atoms with Gasteiger partial charge in [-0.05, 0) is 39.0 Å². The van der Waals surface area contributed by atoms with Crippen molar-refractivity contribution >= 4 is 37.3 Å². The average molecular weight is 388 g/mol. The minimum absolute atomic E-state index is 0.230. The molecule has 0 radical (unpaired) electrons. The van der Waals surface area contributed by atoms with E-state index in [1.807, 2.05) is 12.1 Å². The van der Waals surface area contributed by atoms with Crippen molar-refractivity contribution in [3.63, 3.8) is 0 Å². The highest BCUT2D eigenvalue weighted by molar-refractivity contribution is 9.10. The third-order valence-electron chi connectivity index (χ3n) is 3.39. The van der Waals surface area contributed by atoms with E-state index < -0.39 is 10.0 Å². The van der Waals surface area contributed by atoms with Crippen LogP contribution in [-0.2, 0) is 10.0 Å². The van der Waals surface area contributed by atoms with Gasteiger partial charge in [0.1, 0.15) is 4.21 Å². The molecule has 0 amide bonds. The van der Waals surface area contributed by atoms with Crippen molar-refractivity contribution in [1.82, 2.24) is 14.6 Å². The quantitative estimate of drug-likeness (QED) is 0.876. The number of thiophene rings is 1. The fourth-order valence-corrected chi connectivity index (χ4v) is 6.44. The predicted octanol–water partition coefficient (Wildman–Crippen LogP) is 2.24. The van der Waals surface area contributed by atoms with Crippen LogP contribution in [0.25, 0.3) is 0 Å². The molecule has 1 unspecified atom stereocenters. The lowest BCUT2D eigenvalue weighted by atomic mass is 10.1. The number of piperazine rings is 1. The number of nitrogens with zero attached hydrogens (tertiary/aromatic N) is 2. The Morgan fingerprint density at radius 3 is 2.95 bits per heavy atom. The van der Waals surface area contributed by atoms with Gasteiger partial charge in [-0.25, -0.2) is 8.42 Å². The van der Waals surface area contributed by atoms with E-state index in [4.69, 9.17) is 0 Å². The summed E-state index contributed by atoms with van der Waals surface area (Å²) < 4.78 is 28.4. The number of nitrogens with one attached hydrogen (secondary N) is 1. The number of halogens is 1. The summed E-state index contributed by atoms with van der Waals surface area (Å²) in [6.07, 6.45) is 3.41. The normalized spacial score (nSPS) is 20.5. The largest absolute Gasteiger partial charge is 0.313 e. The van der Waals surface area contributed by atoms with E-state index in [1.165, 1.54) is 11.3 Å². The van der Waals surface area contributed by atoms with Gasteiger partial charge < -0.3 is 5.32 Å². The van der Waals surface area contributed by atoms with E-state index in [1.54, 1.807) is 28.1 Å². The van der Waals surface area contributed by atoms with Gasteiger partial charge in [0.05, 0.1) is 6.04 Å². The fourth-order valence-electron chi connectivity index (χ4n) is 2.40. The van der Waals surface area contributed by atoms with Crippen LogP contribution in [0.3, 0.4) is 0 Å². The van der Waals surface area contributed by atoms with Gasteiger partial charge in [0, 0.05) is 36.5 Å². The Morgan fingerprint density at radius 1 is 1.43 bits per heavy atom. The molecule has 5 nitrogen and oxygen atoms in total. The summed E-state index contributed by atoms with van der Waals surface area (Å²) in [7, 11) is -3.51. The smallest absolute Gasteiger partial charge is 0.254 e. The van der Waals surface area contributed by atoms with Crippen LogP contribution in [0.5, 0.6) is 0 Å². The first-order chi connectivity index (χ1) is 10.1. The van der Waals surface area contributed by atoms with E-state index in [0.29, 0.717) is 28.3 Å². The molecule has 1 N–H and O–H groups in total. The van der Waals surface area contributed by atoms with Crippen LogP contribution in [0.15, 0.2) is 44.7 Å². The predicted molar refractivity (Wildman–Crippen MR) is 85.8 cm³/mol. The summed E-state index contributed by atoms with van der Waals surface area (Å²) in [5.41, 5.74) is 0.904. The Kier molecular flexibility index (Phi) is 4.41. The maximum absolute atomic E-state index is 12.9. The SMILES string of the molecule is O=S(=O)(c1sccc1Br)N1CCNCC1c1cccnc1. The zero-order valence-electron chi connectivity index (χ0n) is 11.1. The molecule has 0 saturated carbocycles. The number of hydrogen-bond acceptors (Lipinski definition) is 5. The van der Waals surface area contributed by atoms with Crippen molar-refractivity contribution in [3.8, 4) is 0 Å². The molecule has 3 heterocycles. The van der Waals surface area contributed by atoms with Crippen LogP contribution in [0.4, 0.5) is 0 Å². The van der Waals surface area contributed by atoms with Gasteiger partial charge in [0.2, 0.25) is 0 Å². The first-order valence-corrected chi connectivity index (χ1v) is 9.57. The molecule has 2 aromatic heterocycles. The zero-order chi connectivity index (χ0) is 14.9. The molecule has 1 atom stereocenters. The van der Waals surface area contributed by atoms with Gasteiger partial charge in [0.25, 0.3) is 10.0 Å². The molecule has 3 rings (SSSR count). The van der Waals surface area contributed by atoms with Crippen molar-refractivity contribution in [2.24, 2.45) is 0 Å². The van der Waals surface area contributed by atoms with Gasteiger partial charge in [-0.15, -0.1) is 11.3 Å². The molecule has 1 fully saturated rings. The Balaban J connectivity index is 2.01. The molecular weight excluding hydrogens is 374 g/mol. The fraction of sp³-hybridized carbons (Fsp3) is 0.308. The second-order valence-corrected chi connectivity index (χ2v) is 8.53. The Labute approximate surface area is 136 Å². The minimum Gasteiger partial charge on any atom is -0.313 e. The van der Waals surface area contributed by atoms with Crippen molar-refractivity contribution in [2.75, 3.05) is 19.6 Å². The highest BCUT2D eigenvalue weighted by Crippen LogP contribution is 2.34. The van der Waals surface area contributed by atoms with Crippen molar-refractivity contribution in [3.05, 3.63) is 46.0 Å². The lowest BCUT2D eigenvalue weighted by molar-refractivity contribution is 0.271. The third-order valence-corrected chi connectivity index (χ3v) is 7.95. The van der Waals surface area contributed by atoms with Crippen LogP contribution in [0.2, 0.25) is 0 Å². The van der Waals surface area contributed by atoms with Gasteiger partial charge in [-0.1, -0.05) is 6.07 Å². The van der Waals surface area contributed by atoms with E-state index in [2.05, 4.69) is 26.2 Å². The molecule has 1 saturated heterocycles. The molecule has 8 heteroatoms. The number of sulfonamides is 1. The Hall–Kier alpha value is -0.800. The molecular formula is C13H14BrN3O2S2. The number of rotatable bonds is 3. The summed E-state index contributed by atoms with van der Waals surface area (Å²) >= 11 is 4.56. The van der Waals surface area contributed by atoms with Crippen LogP contribution in [-0.4, -0.2) is 37.3 Å². The molecule has 21 heavy (non-hydrogen) atoms. The number of aromatic nitrogens is 1. The summed E-state index contributed by atoms with van der Waals surface area (Å²) in [5, 5.41) is 5.03. The summed E-state index contributed by atoms with van der Waals surface area (Å²) in [6.45, 7) is 1.69. The zero-order valence-corrected chi connectivity index (χ0v) is 14.3. The van der Waals surface area contributed by atoms with Gasteiger partial charge in [-0.3, -0.25) is 4.98 Å². The lowest BCUT2D eigenvalue weighted by Gasteiger charge is -2.35. The summed E-state index contributed by atoms with van der Waals surface area (Å²) in [5.74, 6) is 0. The molecule has 0 spiro atoms. The van der Waals surface area contributed by atoms with Crippen molar-refractivity contribution in [1.29, 1.82) is 0 Å². The standard InChI is InChI=1S/C13H14BrN3O2S2/c14-11-3-7-20-13(11)21(18,19)17-6-5-16-9-12(17)10-2-1-4-15-8-10/h1-4,7-8,12,16H,5-6,9H2.